The van der Waals surface area contributed by atoms with Gasteiger partial charge in [-0.1, -0.05) is 43.9 Å². The molecule has 1 heterocycles. The summed E-state index contributed by atoms with van der Waals surface area (Å²) in [7, 11) is 0. The summed E-state index contributed by atoms with van der Waals surface area (Å²) in [5, 5.41) is 6.52. The van der Waals surface area contributed by atoms with Crippen molar-refractivity contribution >= 4 is 56.6 Å². The van der Waals surface area contributed by atoms with Crippen molar-refractivity contribution in [3.8, 4) is 0 Å². The average molecular weight is 396 g/mol. The molecule has 0 spiro atoms. The van der Waals surface area contributed by atoms with Gasteiger partial charge in [-0.15, -0.1) is 12.4 Å². The molecule has 1 aliphatic carbocycles. The normalized spacial score (nSPS) is 14.7. The molecule has 1 saturated carbocycles. The number of carbonyl (C=O) groups is 2. The number of benzene rings is 1. The van der Waals surface area contributed by atoms with Crippen molar-refractivity contribution in [2.75, 3.05) is 10.6 Å². The van der Waals surface area contributed by atoms with Crippen LogP contribution in [0.25, 0.3) is 10.2 Å². The van der Waals surface area contributed by atoms with Crippen LogP contribution in [-0.2, 0) is 9.59 Å². The van der Waals surface area contributed by atoms with E-state index in [9.17, 15) is 9.59 Å². The Balaban J connectivity index is 0.00000243. The van der Waals surface area contributed by atoms with E-state index in [0.29, 0.717) is 11.6 Å². The minimum atomic E-state index is 0. The molecule has 26 heavy (non-hydrogen) atoms. The van der Waals surface area contributed by atoms with Crippen LogP contribution in [0.3, 0.4) is 0 Å². The van der Waals surface area contributed by atoms with E-state index in [1.54, 1.807) is 0 Å². The van der Waals surface area contributed by atoms with Gasteiger partial charge < -0.3 is 10.6 Å². The fourth-order valence-corrected chi connectivity index (χ4v) is 4.04. The fourth-order valence-electron chi connectivity index (χ4n) is 3.19. The van der Waals surface area contributed by atoms with Crippen molar-refractivity contribution in [1.29, 1.82) is 0 Å². The minimum Gasteiger partial charge on any atom is -0.326 e. The summed E-state index contributed by atoms with van der Waals surface area (Å²) in [6, 6.07) is 5.70. The summed E-state index contributed by atoms with van der Waals surface area (Å²) < 4.78 is 1.01. The van der Waals surface area contributed by atoms with E-state index < -0.39 is 0 Å². The predicted molar refractivity (Wildman–Crippen MR) is 110 cm³/mol. The van der Waals surface area contributed by atoms with Gasteiger partial charge in [0.1, 0.15) is 0 Å². The van der Waals surface area contributed by atoms with Crippen LogP contribution in [0.2, 0.25) is 0 Å². The molecule has 0 atom stereocenters. The lowest BCUT2D eigenvalue weighted by Gasteiger charge is -2.19. The van der Waals surface area contributed by atoms with Gasteiger partial charge >= 0.3 is 0 Å². The highest BCUT2D eigenvalue weighted by Crippen LogP contribution is 2.30. The molecule has 1 aliphatic rings. The smallest absolute Gasteiger partial charge is 0.229 e. The van der Waals surface area contributed by atoms with Crippen LogP contribution in [0.5, 0.6) is 0 Å². The van der Waals surface area contributed by atoms with Gasteiger partial charge in [0.25, 0.3) is 0 Å². The Morgan fingerprint density at radius 3 is 2.69 bits per heavy atom. The van der Waals surface area contributed by atoms with E-state index in [2.05, 4.69) is 22.5 Å². The molecule has 0 unspecified atom stereocenters. The molecule has 142 valence electrons. The van der Waals surface area contributed by atoms with Crippen LogP contribution in [0.1, 0.15) is 58.3 Å². The molecule has 3 rings (SSSR count). The largest absolute Gasteiger partial charge is 0.326 e. The number of fused-ring (bicyclic) bond motifs is 1. The lowest BCUT2D eigenvalue weighted by Crippen LogP contribution is -2.24. The van der Waals surface area contributed by atoms with Crippen molar-refractivity contribution in [1.82, 2.24) is 4.98 Å². The maximum absolute atomic E-state index is 12.4. The number of carbonyl (C=O) groups excluding carboxylic acids is 2. The second-order valence-corrected chi connectivity index (χ2v) is 7.71. The first kappa shape index (κ1) is 20.6. The van der Waals surface area contributed by atoms with Crippen LogP contribution in [-0.4, -0.2) is 16.8 Å². The molecule has 0 saturated heterocycles. The molecular formula is C19H26ClN3O2S. The Labute approximate surface area is 164 Å². The van der Waals surface area contributed by atoms with Crippen LogP contribution >= 0.6 is 23.7 Å². The second-order valence-electron chi connectivity index (χ2n) is 6.68. The molecule has 1 aromatic heterocycles. The average Bonchev–Trinajstić information content (AvgIpc) is 3.02. The summed E-state index contributed by atoms with van der Waals surface area (Å²) >= 11 is 1.48. The van der Waals surface area contributed by atoms with Gasteiger partial charge in [0.15, 0.2) is 5.13 Å². The van der Waals surface area contributed by atoms with Gasteiger partial charge in [-0.3, -0.25) is 9.59 Å². The second kappa shape index (κ2) is 9.88. The first-order valence-electron chi connectivity index (χ1n) is 9.17. The fraction of sp³-hybridized carbons (Fsp3) is 0.526. The van der Waals surface area contributed by atoms with Crippen LogP contribution < -0.4 is 10.6 Å². The van der Waals surface area contributed by atoms with Gasteiger partial charge in [0.2, 0.25) is 11.8 Å². The molecule has 2 N–H and O–H groups in total. The zero-order chi connectivity index (χ0) is 17.6. The lowest BCUT2D eigenvalue weighted by molar-refractivity contribution is -0.120. The first-order valence-corrected chi connectivity index (χ1v) is 9.98. The van der Waals surface area contributed by atoms with E-state index >= 15 is 0 Å². The summed E-state index contributed by atoms with van der Waals surface area (Å²) in [5.74, 6) is 0.239. The number of rotatable bonds is 6. The van der Waals surface area contributed by atoms with E-state index in [-0.39, 0.29) is 30.1 Å². The van der Waals surface area contributed by atoms with Crippen molar-refractivity contribution in [3.05, 3.63) is 18.2 Å². The van der Waals surface area contributed by atoms with Gasteiger partial charge in [-0.05, 0) is 37.5 Å². The van der Waals surface area contributed by atoms with Gasteiger partial charge in [-0.2, -0.15) is 0 Å². The summed E-state index contributed by atoms with van der Waals surface area (Å²) in [6.45, 7) is 2.07. The topological polar surface area (TPSA) is 71.1 Å². The Morgan fingerprint density at radius 2 is 1.96 bits per heavy atom. The number of amides is 2. The monoisotopic (exact) mass is 395 g/mol. The maximum Gasteiger partial charge on any atom is 0.229 e. The number of aromatic nitrogens is 1. The Hall–Kier alpha value is -1.66. The summed E-state index contributed by atoms with van der Waals surface area (Å²) in [6.07, 6.45) is 7.89. The molecule has 1 fully saturated rings. The van der Waals surface area contributed by atoms with E-state index in [0.717, 1.165) is 54.4 Å². The SMILES string of the molecule is CCCCC(=O)Nc1ccc2sc(NC(=O)C3CCCCC3)nc2c1.Cl. The number of hydrogen-bond acceptors (Lipinski definition) is 4. The van der Waals surface area contributed by atoms with Crippen molar-refractivity contribution < 1.29 is 9.59 Å². The molecule has 2 aromatic rings. The highest BCUT2D eigenvalue weighted by Gasteiger charge is 2.22. The van der Waals surface area contributed by atoms with Crippen LogP contribution in [0, 0.1) is 5.92 Å². The molecule has 0 aliphatic heterocycles. The van der Waals surface area contributed by atoms with Gasteiger partial charge in [0.05, 0.1) is 10.2 Å². The van der Waals surface area contributed by atoms with Gasteiger partial charge in [0, 0.05) is 18.0 Å². The molecule has 0 bridgehead atoms. The standard InChI is InChI=1S/C19H25N3O2S.ClH/c1-2-3-9-17(23)20-14-10-11-16-15(12-14)21-19(25-16)22-18(24)13-7-5-4-6-8-13;/h10-13H,2-9H2,1H3,(H,20,23)(H,21,22,24);1H. The van der Waals surface area contributed by atoms with E-state index in [4.69, 9.17) is 0 Å². The zero-order valence-electron chi connectivity index (χ0n) is 15.0. The van der Waals surface area contributed by atoms with Gasteiger partial charge in [-0.25, -0.2) is 4.98 Å². The third kappa shape index (κ3) is 5.42. The number of anilines is 2. The molecule has 2 amide bonds. The number of nitrogens with zero attached hydrogens (tertiary/aromatic N) is 1. The molecule has 0 radical (unpaired) electrons. The van der Waals surface area contributed by atoms with Crippen molar-refractivity contribution in [3.63, 3.8) is 0 Å². The quantitative estimate of drug-likeness (QED) is 0.691. The van der Waals surface area contributed by atoms with Crippen molar-refractivity contribution in [2.24, 2.45) is 5.92 Å². The predicted octanol–water partition coefficient (Wildman–Crippen LogP) is 5.37. The number of halogens is 1. The number of unbranched alkanes of at least 4 members (excludes halogenated alkanes) is 1. The minimum absolute atomic E-state index is 0. The zero-order valence-corrected chi connectivity index (χ0v) is 16.7. The molecule has 7 heteroatoms. The van der Waals surface area contributed by atoms with Crippen molar-refractivity contribution in [2.45, 2.75) is 58.3 Å². The molecular weight excluding hydrogens is 370 g/mol. The summed E-state index contributed by atoms with van der Waals surface area (Å²) in [4.78, 5) is 28.7. The third-order valence-corrected chi connectivity index (χ3v) is 5.59. The Kier molecular flexibility index (Phi) is 7.85. The highest BCUT2D eigenvalue weighted by molar-refractivity contribution is 7.22. The highest BCUT2D eigenvalue weighted by atomic mass is 35.5. The van der Waals surface area contributed by atoms with E-state index in [1.807, 2.05) is 18.2 Å². The third-order valence-electron chi connectivity index (χ3n) is 4.63. The number of hydrogen-bond donors (Lipinski definition) is 2. The Morgan fingerprint density at radius 1 is 1.19 bits per heavy atom. The number of thiazole rings is 1. The Bertz CT molecular complexity index is 756. The van der Waals surface area contributed by atoms with Crippen LogP contribution in [0.4, 0.5) is 10.8 Å². The van der Waals surface area contributed by atoms with Crippen LogP contribution in [0.15, 0.2) is 18.2 Å². The summed E-state index contributed by atoms with van der Waals surface area (Å²) in [5.41, 5.74) is 1.56. The van der Waals surface area contributed by atoms with E-state index in [1.165, 1.54) is 17.8 Å². The lowest BCUT2D eigenvalue weighted by atomic mass is 9.89. The maximum atomic E-state index is 12.4. The molecule has 5 nitrogen and oxygen atoms in total. The number of nitrogens with one attached hydrogen (secondary N) is 2. The molecule has 1 aromatic carbocycles. The first-order chi connectivity index (χ1) is 12.2.